The zero-order valence-corrected chi connectivity index (χ0v) is 10.4. The summed E-state index contributed by atoms with van der Waals surface area (Å²) in [5.41, 5.74) is 0. The van der Waals surface area contributed by atoms with Crippen LogP contribution in [0.1, 0.15) is 0 Å². The Balaban J connectivity index is 2.65. The van der Waals surface area contributed by atoms with Crippen molar-refractivity contribution in [2.45, 2.75) is 23.4 Å². The maximum absolute atomic E-state index is 13.9. The van der Waals surface area contributed by atoms with Crippen molar-refractivity contribution in [2.24, 2.45) is 0 Å². The zero-order chi connectivity index (χ0) is 17.8. The van der Waals surface area contributed by atoms with Gasteiger partial charge in [-0.15, -0.1) is 4.74 Å². The summed E-state index contributed by atoms with van der Waals surface area (Å²) in [5, 5.41) is 43.7. The van der Waals surface area contributed by atoms with Gasteiger partial charge in [0.15, 0.2) is 0 Å². The van der Waals surface area contributed by atoms with Gasteiger partial charge in [0.1, 0.15) is 32.9 Å². The molecule has 17 heteroatoms. The fourth-order valence-corrected chi connectivity index (χ4v) is 1.68. The smallest absolute Gasteiger partial charge is 0.323 e. The molecule has 2 atom stereocenters. The Morgan fingerprint density at radius 2 is 1.00 bits per heavy atom. The van der Waals surface area contributed by atoms with E-state index in [9.17, 15) is 49.2 Å². The van der Waals surface area contributed by atoms with Crippen molar-refractivity contribution in [3.63, 3.8) is 0 Å². The first-order valence-electron chi connectivity index (χ1n) is 5.33. The van der Waals surface area contributed by atoms with Crippen molar-refractivity contribution in [1.29, 1.82) is 0 Å². The molecule has 0 aromatic heterocycles. The molecule has 0 aromatic carbocycles. The van der Waals surface area contributed by atoms with Crippen LogP contribution in [0.2, 0.25) is 0 Å². The summed E-state index contributed by atoms with van der Waals surface area (Å²) in [6.07, 6.45) is 0. The van der Waals surface area contributed by atoms with Crippen LogP contribution in [-0.4, -0.2) is 56.3 Å². The molecule has 0 aliphatic carbocycles. The lowest BCUT2D eigenvalue weighted by atomic mass is 10.2. The van der Waals surface area contributed by atoms with Crippen molar-refractivity contribution >= 4 is 0 Å². The van der Waals surface area contributed by atoms with Gasteiger partial charge in [0.25, 0.3) is 0 Å². The lowest BCUT2D eigenvalue weighted by molar-refractivity contribution is -0.949. The van der Waals surface area contributed by atoms with E-state index in [0.29, 0.717) is 0 Å². The van der Waals surface area contributed by atoms with Crippen molar-refractivity contribution in [1.82, 2.24) is 0 Å². The average molecular weight is 346 g/mol. The lowest BCUT2D eigenvalue weighted by Gasteiger charge is -2.22. The highest BCUT2D eigenvalue weighted by Crippen LogP contribution is 2.50. The van der Waals surface area contributed by atoms with Gasteiger partial charge in [-0.05, 0) is 0 Å². The first-order chi connectivity index (χ1) is 10.4. The van der Waals surface area contributed by atoms with Crippen LogP contribution in [0.15, 0.2) is 0 Å². The van der Waals surface area contributed by atoms with E-state index in [1.54, 1.807) is 0 Å². The number of epoxide rings is 2. The first kappa shape index (κ1) is 16.7. The number of hydrogen-bond donors (Lipinski definition) is 0. The fraction of sp³-hybridized carbons (Fsp3) is 1.00. The number of ether oxygens (including phenoxy) is 3. The maximum atomic E-state index is 13.9. The molecule has 0 aromatic rings. The predicted molar refractivity (Wildman–Crippen MR) is 54.1 cm³/mol. The highest BCUT2D eigenvalue weighted by molar-refractivity contribution is 4.95. The summed E-state index contributed by atoms with van der Waals surface area (Å²) in [6.45, 7) is -2.67. The number of rotatable bonds is 8. The molecule has 2 unspecified atom stereocenters. The molecular weight excluding hydrogens is 342 g/mol. The summed E-state index contributed by atoms with van der Waals surface area (Å²) in [6, 6.07) is 0. The predicted octanol–water partition coefficient (Wildman–Crippen LogP) is -1.19. The zero-order valence-electron chi connectivity index (χ0n) is 10.4. The van der Waals surface area contributed by atoms with E-state index in [-0.39, 0.29) is 0 Å². The highest BCUT2D eigenvalue weighted by atomic mass is 19.2. The molecule has 0 N–H and O–H groups in total. The van der Waals surface area contributed by atoms with Crippen LogP contribution < -0.4 is 0 Å². The summed E-state index contributed by atoms with van der Waals surface area (Å²) >= 11 is 0. The molecule has 2 aliphatic heterocycles. The Labute approximate surface area is 121 Å². The average Bonchev–Trinajstić information content (AvgIpc) is 3.30. The van der Waals surface area contributed by atoms with Crippen molar-refractivity contribution < 1.29 is 42.7 Å². The molecule has 23 heavy (non-hydrogen) atoms. The molecular formula is C6H4F2N4O11. The Bertz CT molecular complexity index is 536. The summed E-state index contributed by atoms with van der Waals surface area (Å²) in [7, 11) is 0. The molecule has 2 fully saturated rings. The van der Waals surface area contributed by atoms with Crippen molar-refractivity contribution in [2.75, 3.05) is 13.2 Å². The van der Waals surface area contributed by atoms with Gasteiger partial charge in [-0.3, -0.25) is 40.5 Å². The van der Waals surface area contributed by atoms with Crippen LogP contribution in [0.25, 0.3) is 0 Å². The van der Waals surface area contributed by atoms with Crippen LogP contribution in [0.3, 0.4) is 0 Å². The monoisotopic (exact) mass is 346 g/mol. The normalized spacial score (nSPS) is 29.7. The van der Waals surface area contributed by atoms with Gasteiger partial charge >= 0.3 is 23.4 Å². The lowest BCUT2D eigenvalue weighted by Crippen LogP contribution is -2.69. The van der Waals surface area contributed by atoms with Gasteiger partial charge in [-0.1, -0.05) is 0 Å². The van der Waals surface area contributed by atoms with E-state index in [2.05, 4.69) is 14.2 Å². The molecule has 0 saturated carbocycles. The summed E-state index contributed by atoms with van der Waals surface area (Å²) in [4.78, 5) is 35.2. The topological polar surface area (TPSA) is 207 Å². The Morgan fingerprint density at radius 3 is 1.13 bits per heavy atom. The highest BCUT2D eigenvalue weighted by Gasteiger charge is 2.97. The molecule has 0 spiro atoms. The van der Waals surface area contributed by atoms with Crippen molar-refractivity contribution in [3.8, 4) is 0 Å². The van der Waals surface area contributed by atoms with E-state index >= 15 is 0 Å². The van der Waals surface area contributed by atoms with Gasteiger partial charge in [0.2, 0.25) is 0 Å². The van der Waals surface area contributed by atoms with Gasteiger partial charge in [-0.25, -0.2) is 0 Å². The molecule has 0 amide bonds. The van der Waals surface area contributed by atoms with Crippen LogP contribution >= 0.6 is 0 Å². The standard InChI is InChI=1S/C6H4F2N4O11/c7-3(1-21-3)5(9(13)14,10(15)16)23-6(11(17)18,12(19)20)4(8)2-22-4/h1-2H2. The van der Waals surface area contributed by atoms with E-state index in [4.69, 9.17) is 0 Å². The minimum absolute atomic E-state index is 1.33. The van der Waals surface area contributed by atoms with Crippen molar-refractivity contribution in [3.05, 3.63) is 40.5 Å². The number of alkyl halides is 2. The fourth-order valence-electron chi connectivity index (χ4n) is 1.68. The summed E-state index contributed by atoms with van der Waals surface area (Å²) in [5.74, 6) is -17.1. The second-order valence-electron chi connectivity index (χ2n) is 4.38. The van der Waals surface area contributed by atoms with Gasteiger partial charge in [0, 0.05) is 0 Å². The van der Waals surface area contributed by atoms with Gasteiger partial charge < -0.3 is 9.47 Å². The third-order valence-corrected chi connectivity index (χ3v) is 3.04. The molecule has 2 heterocycles. The summed E-state index contributed by atoms with van der Waals surface area (Å²) < 4.78 is 39.3. The molecule has 2 rings (SSSR count). The van der Waals surface area contributed by atoms with Crippen LogP contribution in [0.5, 0.6) is 0 Å². The minimum atomic E-state index is -4.65. The molecule has 15 nitrogen and oxygen atoms in total. The molecule has 128 valence electrons. The SMILES string of the molecule is O=[N+]([O-])C(OC([N+](=O)[O-])([N+](=O)[O-])C1(F)CO1)([N+](=O)[O-])C1(F)CO1. The molecule has 2 aliphatic rings. The second-order valence-corrected chi connectivity index (χ2v) is 4.38. The van der Waals surface area contributed by atoms with E-state index in [1.807, 2.05) is 0 Å². The largest absolute Gasteiger partial charge is 0.651 e. The first-order valence-corrected chi connectivity index (χ1v) is 5.33. The van der Waals surface area contributed by atoms with Gasteiger partial charge in [0.05, 0.1) is 0 Å². The minimum Gasteiger partial charge on any atom is -0.323 e. The van der Waals surface area contributed by atoms with Crippen LogP contribution in [-0.2, 0) is 14.2 Å². The number of nitro groups is 4. The quantitative estimate of drug-likeness (QED) is 0.221. The molecule has 0 radical (unpaired) electrons. The van der Waals surface area contributed by atoms with E-state index in [0.717, 1.165) is 0 Å². The Hall–Kier alpha value is -2.66. The Morgan fingerprint density at radius 1 is 0.783 bits per heavy atom. The number of hydrogen-bond acceptors (Lipinski definition) is 11. The third kappa shape index (κ3) is 1.90. The molecule has 2 saturated heterocycles. The molecule has 0 bridgehead atoms. The second kappa shape index (κ2) is 4.43. The van der Waals surface area contributed by atoms with Gasteiger partial charge in [-0.2, -0.15) is 8.78 Å². The number of nitrogens with zero attached hydrogens (tertiary/aromatic N) is 4. The van der Waals surface area contributed by atoms with E-state index in [1.165, 1.54) is 0 Å². The van der Waals surface area contributed by atoms with Crippen LogP contribution in [0.4, 0.5) is 8.78 Å². The maximum Gasteiger partial charge on any atom is 0.651 e. The Kier molecular flexibility index (Phi) is 3.21. The number of halogens is 2. The third-order valence-electron chi connectivity index (χ3n) is 3.04. The van der Waals surface area contributed by atoms with E-state index < -0.39 is 56.3 Å². The van der Waals surface area contributed by atoms with Crippen LogP contribution in [0, 0.1) is 40.5 Å².